The first-order valence-corrected chi connectivity index (χ1v) is 5.58. The fourth-order valence-electron chi connectivity index (χ4n) is 2.14. The first-order chi connectivity index (χ1) is 8.02. The van der Waals surface area contributed by atoms with Crippen molar-refractivity contribution in [3.8, 4) is 0 Å². The summed E-state index contributed by atoms with van der Waals surface area (Å²) in [7, 11) is 0. The van der Waals surface area contributed by atoms with Gasteiger partial charge in [0.15, 0.2) is 0 Å². The van der Waals surface area contributed by atoms with Gasteiger partial charge >= 0.3 is 6.18 Å². The lowest BCUT2D eigenvalue weighted by molar-refractivity contribution is -0.138. The first-order valence-electron chi connectivity index (χ1n) is 5.58. The third-order valence-corrected chi connectivity index (χ3v) is 3.04. The third-order valence-electron chi connectivity index (χ3n) is 3.04. The minimum atomic E-state index is -4.41. The molecule has 94 valence electrons. The molecule has 1 heterocycles. The van der Waals surface area contributed by atoms with Crippen molar-refractivity contribution in [3.05, 3.63) is 29.3 Å². The summed E-state index contributed by atoms with van der Waals surface area (Å²) in [6, 6.07) is 4.14. The topological polar surface area (TPSA) is 23.5 Å². The van der Waals surface area contributed by atoms with Crippen LogP contribution in [0.4, 0.5) is 18.9 Å². The van der Waals surface area contributed by atoms with Crippen molar-refractivity contribution < 1.29 is 18.3 Å². The Bertz CT molecular complexity index is 397. The van der Waals surface area contributed by atoms with E-state index in [0.29, 0.717) is 5.69 Å². The van der Waals surface area contributed by atoms with E-state index in [2.05, 4.69) is 0 Å². The molecular formula is C12H14F3NO. The van der Waals surface area contributed by atoms with Crippen LogP contribution < -0.4 is 4.90 Å². The van der Waals surface area contributed by atoms with Crippen molar-refractivity contribution in [2.24, 2.45) is 0 Å². The maximum atomic E-state index is 12.8. The minimum absolute atomic E-state index is 0.0690. The van der Waals surface area contributed by atoms with Crippen LogP contribution in [-0.4, -0.2) is 18.2 Å². The molecule has 0 aromatic heterocycles. The Morgan fingerprint density at radius 1 is 1.18 bits per heavy atom. The Hall–Kier alpha value is -1.23. The van der Waals surface area contributed by atoms with Crippen LogP contribution in [0.5, 0.6) is 0 Å². The van der Waals surface area contributed by atoms with Crippen molar-refractivity contribution in [3.63, 3.8) is 0 Å². The van der Waals surface area contributed by atoms with Gasteiger partial charge in [-0.1, -0.05) is 6.07 Å². The monoisotopic (exact) mass is 245 g/mol. The zero-order valence-electron chi connectivity index (χ0n) is 9.30. The summed E-state index contributed by atoms with van der Waals surface area (Å²) in [5, 5.41) is 8.92. The van der Waals surface area contributed by atoms with Crippen LogP contribution in [0, 0.1) is 0 Å². The summed E-state index contributed by atoms with van der Waals surface area (Å²) in [5.41, 5.74) is -0.211. The van der Waals surface area contributed by atoms with Crippen LogP contribution in [0.3, 0.4) is 0 Å². The number of nitrogens with zero attached hydrogens (tertiary/aromatic N) is 1. The highest BCUT2D eigenvalue weighted by Gasteiger charge is 2.33. The fourth-order valence-corrected chi connectivity index (χ4v) is 2.14. The van der Waals surface area contributed by atoms with Crippen molar-refractivity contribution in [2.45, 2.75) is 25.6 Å². The summed E-state index contributed by atoms with van der Waals surface area (Å²) in [5.74, 6) is 0. The van der Waals surface area contributed by atoms with Gasteiger partial charge in [-0.3, -0.25) is 0 Å². The van der Waals surface area contributed by atoms with Gasteiger partial charge in [0.2, 0.25) is 0 Å². The Morgan fingerprint density at radius 3 is 2.35 bits per heavy atom. The van der Waals surface area contributed by atoms with Crippen molar-refractivity contribution in [1.82, 2.24) is 0 Å². The second kappa shape index (κ2) is 4.56. The molecular weight excluding hydrogens is 231 g/mol. The van der Waals surface area contributed by atoms with Gasteiger partial charge in [-0.05, 0) is 30.5 Å². The molecule has 2 rings (SSSR count). The van der Waals surface area contributed by atoms with Gasteiger partial charge in [0.1, 0.15) is 0 Å². The number of alkyl halides is 3. The highest BCUT2D eigenvalue weighted by atomic mass is 19.4. The second-order valence-corrected chi connectivity index (χ2v) is 4.19. The predicted octanol–water partition coefficient (Wildman–Crippen LogP) is 2.80. The average molecular weight is 245 g/mol. The summed E-state index contributed by atoms with van der Waals surface area (Å²) in [6.45, 7) is 1.01. The van der Waals surface area contributed by atoms with E-state index >= 15 is 0 Å². The summed E-state index contributed by atoms with van der Waals surface area (Å²) >= 11 is 0. The highest BCUT2D eigenvalue weighted by Crippen LogP contribution is 2.35. The third kappa shape index (κ3) is 2.54. The minimum Gasteiger partial charge on any atom is -0.392 e. The molecule has 0 atom stereocenters. The van der Waals surface area contributed by atoms with E-state index in [4.69, 9.17) is 5.11 Å². The summed E-state index contributed by atoms with van der Waals surface area (Å²) in [4.78, 5) is 1.94. The lowest BCUT2D eigenvalue weighted by Crippen LogP contribution is -2.19. The zero-order valence-corrected chi connectivity index (χ0v) is 9.30. The van der Waals surface area contributed by atoms with Crippen LogP contribution in [-0.2, 0) is 12.8 Å². The molecule has 1 N–H and O–H groups in total. The highest BCUT2D eigenvalue weighted by molar-refractivity contribution is 5.52. The van der Waals surface area contributed by atoms with Gasteiger partial charge < -0.3 is 10.0 Å². The molecule has 0 aliphatic carbocycles. The summed E-state index contributed by atoms with van der Waals surface area (Å²) in [6.07, 6.45) is -2.37. The van der Waals surface area contributed by atoms with Crippen LogP contribution in [0.2, 0.25) is 0 Å². The first kappa shape index (κ1) is 12.2. The van der Waals surface area contributed by atoms with E-state index < -0.39 is 18.3 Å². The molecule has 1 aromatic carbocycles. The van der Waals surface area contributed by atoms with Crippen LogP contribution >= 0.6 is 0 Å². The maximum Gasteiger partial charge on any atom is 0.416 e. The molecule has 0 bridgehead atoms. The molecule has 1 saturated heterocycles. The van der Waals surface area contributed by atoms with Crippen molar-refractivity contribution in [2.75, 3.05) is 18.0 Å². The molecule has 0 unspecified atom stereocenters. The smallest absolute Gasteiger partial charge is 0.392 e. The van der Waals surface area contributed by atoms with E-state index in [1.54, 1.807) is 6.07 Å². The molecule has 2 nitrogen and oxygen atoms in total. The lowest BCUT2D eigenvalue weighted by Gasteiger charge is -2.20. The van der Waals surface area contributed by atoms with Gasteiger partial charge in [-0.15, -0.1) is 0 Å². The van der Waals surface area contributed by atoms with E-state index in [1.807, 2.05) is 4.90 Å². The molecule has 5 heteroatoms. The van der Waals surface area contributed by atoms with E-state index in [9.17, 15) is 13.2 Å². The molecule has 1 aliphatic rings. The number of hydrogen-bond donors (Lipinski definition) is 1. The Balaban J connectivity index is 2.37. The largest absolute Gasteiger partial charge is 0.416 e. The van der Waals surface area contributed by atoms with Crippen LogP contribution in [0.1, 0.15) is 24.0 Å². The van der Waals surface area contributed by atoms with Crippen LogP contribution in [0.25, 0.3) is 0 Å². The predicted molar refractivity (Wildman–Crippen MR) is 58.8 cm³/mol. The van der Waals surface area contributed by atoms with Gasteiger partial charge in [0, 0.05) is 18.8 Å². The van der Waals surface area contributed by atoms with Crippen molar-refractivity contribution >= 4 is 5.69 Å². The second-order valence-electron chi connectivity index (χ2n) is 4.19. The molecule has 1 aromatic rings. The van der Waals surface area contributed by atoms with Gasteiger partial charge in [-0.2, -0.15) is 13.2 Å². The van der Waals surface area contributed by atoms with Crippen molar-refractivity contribution in [1.29, 1.82) is 0 Å². The number of aliphatic hydroxyl groups excluding tert-OH is 1. The normalized spacial score (nSPS) is 16.6. The number of rotatable bonds is 2. The summed E-state index contributed by atoms with van der Waals surface area (Å²) < 4.78 is 38.3. The number of aliphatic hydroxyl groups is 1. The number of benzene rings is 1. The fraction of sp³-hybridized carbons (Fsp3) is 0.500. The molecule has 1 aliphatic heterocycles. The van der Waals surface area contributed by atoms with Crippen LogP contribution in [0.15, 0.2) is 18.2 Å². The molecule has 0 amide bonds. The quantitative estimate of drug-likeness (QED) is 0.866. The van der Waals surface area contributed by atoms with Gasteiger partial charge in [0.05, 0.1) is 12.2 Å². The van der Waals surface area contributed by atoms with E-state index in [1.165, 1.54) is 6.07 Å². The molecule has 1 fully saturated rings. The lowest BCUT2D eigenvalue weighted by atomic mass is 10.1. The van der Waals surface area contributed by atoms with E-state index in [0.717, 1.165) is 32.0 Å². The molecule has 0 spiro atoms. The van der Waals surface area contributed by atoms with E-state index in [-0.39, 0.29) is 5.56 Å². The maximum absolute atomic E-state index is 12.8. The standard InChI is InChI=1S/C12H14F3NO/c13-12(14,15)11-7-10(4-3-9(11)8-17)16-5-1-2-6-16/h3-4,7,17H,1-2,5-6,8H2. The molecule has 17 heavy (non-hydrogen) atoms. The Kier molecular flexibility index (Phi) is 3.28. The van der Waals surface area contributed by atoms with Gasteiger partial charge in [0.25, 0.3) is 0 Å². The SMILES string of the molecule is OCc1ccc(N2CCCC2)cc1C(F)(F)F. The van der Waals surface area contributed by atoms with Gasteiger partial charge in [-0.25, -0.2) is 0 Å². The molecule has 0 saturated carbocycles. The molecule has 0 radical (unpaired) electrons. The number of anilines is 1. The number of halogens is 3. The zero-order chi connectivity index (χ0) is 12.5. The Labute approximate surface area is 97.7 Å². The average Bonchev–Trinajstić information content (AvgIpc) is 2.80. The Morgan fingerprint density at radius 2 is 1.82 bits per heavy atom. The number of hydrogen-bond acceptors (Lipinski definition) is 2.